The average molecular weight is 219 g/mol. The van der Waals surface area contributed by atoms with E-state index in [4.69, 9.17) is 4.74 Å². The first kappa shape index (κ1) is 12.8. The molecule has 16 heavy (non-hydrogen) atoms. The van der Waals surface area contributed by atoms with Crippen LogP contribution in [0.4, 0.5) is 0 Å². The van der Waals surface area contributed by atoms with Gasteiger partial charge in [0.1, 0.15) is 5.76 Å². The Bertz CT molecular complexity index is 333. The third kappa shape index (κ3) is 4.07. The Balaban J connectivity index is 2.60. The molecule has 2 heteroatoms. The van der Waals surface area contributed by atoms with Crippen molar-refractivity contribution >= 4 is 5.76 Å². The highest BCUT2D eigenvalue weighted by Gasteiger charge is 2.00. The Morgan fingerprint density at radius 3 is 2.88 bits per heavy atom. The molecule has 1 aromatic carbocycles. The minimum Gasteiger partial charge on any atom is -0.494 e. The van der Waals surface area contributed by atoms with Crippen molar-refractivity contribution in [2.24, 2.45) is 0 Å². The molecule has 0 saturated carbocycles. The van der Waals surface area contributed by atoms with E-state index in [1.165, 1.54) is 5.56 Å². The van der Waals surface area contributed by atoms with Crippen LogP contribution in [0.1, 0.15) is 31.4 Å². The van der Waals surface area contributed by atoms with Gasteiger partial charge in [0.25, 0.3) is 0 Å². The highest BCUT2D eigenvalue weighted by atomic mass is 16.5. The third-order valence-electron chi connectivity index (χ3n) is 2.32. The number of rotatable bonds is 7. The second kappa shape index (κ2) is 7.07. The van der Waals surface area contributed by atoms with Gasteiger partial charge in [0.05, 0.1) is 6.61 Å². The van der Waals surface area contributed by atoms with Gasteiger partial charge < -0.3 is 10.1 Å². The summed E-state index contributed by atoms with van der Waals surface area (Å²) in [6.45, 7) is 10.7. The van der Waals surface area contributed by atoms with Crippen LogP contribution in [0.5, 0.6) is 0 Å². The summed E-state index contributed by atoms with van der Waals surface area (Å²) in [6.07, 6.45) is 1.16. The van der Waals surface area contributed by atoms with E-state index in [0.29, 0.717) is 6.61 Å². The molecule has 1 aromatic rings. The van der Waals surface area contributed by atoms with Gasteiger partial charge in [-0.3, -0.25) is 0 Å². The van der Waals surface area contributed by atoms with Gasteiger partial charge >= 0.3 is 0 Å². The monoisotopic (exact) mass is 219 g/mol. The summed E-state index contributed by atoms with van der Waals surface area (Å²) in [5.41, 5.74) is 2.34. The molecule has 0 atom stereocenters. The van der Waals surface area contributed by atoms with Crippen molar-refractivity contribution in [2.45, 2.75) is 26.8 Å². The van der Waals surface area contributed by atoms with Crippen LogP contribution >= 0.6 is 0 Å². The van der Waals surface area contributed by atoms with E-state index in [-0.39, 0.29) is 0 Å². The molecule has 0 bridgehead atoms. The molecule has 0 spiro atoms. The lowest BCUT2D eigenvalue weighted by Gasteiger charge is -2.09. The molecule has 0 aliphatic rings. The predicted octanol–water partition coefficient (Wildman–Crippen LogP) is 3.19. The molecule has 0 saturated heterocycles. The van der Waals surface area contributed by atoms with Gasteiger partial charge in [-0.1, -0.05) is 31.7 Å². The highest BCUT2D eigenvalue weighted by molar-refractivity contribution is 5.58. The van der Waals surface area contributed by atoms with E-state index >= 15 is 0 Å². The summed E-state index contributed by atoms with van der Waals surface area (Å²) < 4.78 is 5.39. The molecule has 0 amide bonds. The first-order valence-electron chi connectivity index (χ1n) is 5.89. The normalized spacial score (nSPS) is 10.1. The van der Waals surface area contributed by atoms with Crippen molar-refractivity contribution in [2.75, 3.05) is 13.2 Å². The fraction of sp³-hybridized carbons (Fsp3) is 0.429. The van der Waals surface area contributed by atoms with Crippen molar-refractivity contribution in [3.8, 4) is 0 Å². The van der Waals surface area contributed by atoms with Gasteiger partial charge in [-0.2, -0.15) is 0 Å². The lowest BCUT2D eigenvalue weighted by atomic mass is 10.1. The summed E-state index contributed by atoms with van der Waals surface area (Å²) in [5.74, 6) is 0.750. The smallest absolute Gasteiger partial charge is 0.119 e. The zero-order valence-corrected chi connectivity index (χ0v) is 10.3. The number of hydrogen-bond donors (Lipinski definition) is 1. The molecule has 0 aromatic heterocycles. The molecular weight excluding hydrogens is 198 g/mol. The first-order valence-corrected chi connectivity index (χ1v) is 5.89. The van der Waals surface area contributed by atoms with E-state index in [2.05, 4.69) is 31.0 Å². The fourth-order valence-corrected chi connectivity index (χ4v) is 1.52. The van der Waals surface area contributed by atoms with Crippen LogP contribution in [0.15, 0.2) is 30.8 Å². The molecule has 1 N–H and O–H groups in total. The number of benzene rings is 1. The quantitative estimate of drug-likeness (QED) is 0.561. The van der Waals surface area contributed by atoms with Crippen molar-refractivity contribution in [3.63, 3.8) is 0 Å². The summed E-state index contributed by atoms with van der Waals surface area (Å²) in [6, 6.07) is 8.32. The van der Waals surface area contributed by atoms with Crippen LogP contribution in [-0.4, -0.2) is 13.2 Å². The van der Waals surface area contributed by atoms with Gasteiger partial charge in [-0.15, -0.1) is 0 Å². The number of hydrogen-bond acceptors (Lipinski definition) is 2. The Labute approximate surface area is 98.3 Å². The van der Waals surface area contributed by atoms with Gasteiger partial charge in [0, 0.05) is 12.1 Å². The molecule has 0 fully saturated rings. The van der Waals surface area contributed by atoms with E-state index in [1.54, 1.807) is 0 Å². The molecule has 0 unspecified atom stereocenters. The van der Waals surface area contributed by atoms with Gasteiger partial charge in [-0.25, -0.2) is 0 Å². The van der Waals surface area contributed by atoms with E-state index < -0.39 is 0 Å². The van der Waals surface area contributed by atoms with E-state index in [0.717, 1.165) is 30.8 Å². The molecule has 0 aliphatic heterocycles. The molecule has 0 heterocycles. The van der Waals surface area contributed by atoms with Crippen LogP contribution in [0.3, 0.4) is 0 Å². The molecule has 1 rings (SSSR count). The lowest BCUT2D eigenvalue weighted by molar-refractivity contribution is 0.299. The third-order valence-corrected chi connectivity index (χ3v) is 2.32. The van der Waals surface area contributed by atoms with Crippen molar-refractivity contribution in [1.82, 2.24) is 5.32 Å². The van der Waals surface area contributed by atoms with Crippen molar-refractivity contribution < 1.29 is 4.74 Å². The maximum absolute atomic E-state index is 5.39. The van der Waals surface area contributed by atoms with E-state index in [1.807, 2.05) is 19.1 Å². The summed E-state index contributed by atoms with van der Waals surface area (Å²) >= 11 is 0. The first-order chi connectivity index (χ1) is 7.77. The zero-order valence-electron chi connectivity index (χ0n) is 10.3. The van der Waals surface area contributed by atoms with Crippen LogP contribution in [0, 0.1) is 0 Å². The Morgan fingerprint density at radius 1 is 1.38 bits per heavy atom. The minimum atomic E-state index is 0.664. The number of nitrogens with one attached hydrogen (secondary N) is 1. The molecule has 88 valence electrons. The SMILES string of the molecule is C=C(OCC)c1cccc(CNCCC)c1. The molecular formula is C14H21NO. The lowest BCUT2D eigenvalue weighted by Crippen LogP contribution is -2.13. The van der Waals surface area contributed by atoms with Crippen LogP contribution in [0.25, 0.3) is 5.76 Å². The minimum absolute atomic E-state index is 0.664. The average Bonchev–Trinajstić information content (AvgIpc) is 2.30. The summed E-state index contributed by atoms with van der Waals surface area (Å²) in [7, 11) is 0. The molecule has 0 radical (unpaired) electrons. The van der Waals surface area contributed by atoms with Gasteiger partial charge in [-0.05, 0) is 31.5 Å². The van der Waals surface area contributed by atoms with Crippen LogP contribution in [0.2, 0.25) is 0 Å². The predicted molar refractivity (Wildman–Crippen MR) is 69.1 cm³/mol. The van der Waals surface area contributed by atoms with E-state index in [9.17, 15) is 0 Å². The second-order valence-electron chi connectivity index (χ2n) is 3.73. The van der Waals surface area contributed by atoms with Crippen LogP contribution < -0.4 is 5.32 Å². The molecule has 2 nitrogen and oxygen atoms in total. The van der Waals surface area contributed by atoms with Crippen LogP contribution in [-0.2, 0) is 11.3 Å². The Kier molecular flexibility index (Phi) is 5.65. The number of ether oxygens (including phenoxy) is 1. The topological polar surface area (TPSA) is 21.3 Å². The Hall–Kier alpha value is -1.28. The zero-order chi connectivity index (χ0) is 11.8. The fourth-order valence-electron chi connectivity index (χ4n) is 1.52. The standard InChI is InChI=1S/C14H21NO/c1-4-9-15-11-13-7-6-8-14(10-13)12(3)16-5-2/h6-8,10,15H,3-5,9,11H2,1-2H3. The summed E-state index contributed by atoms with van der Waals surface area (Å²) in [5, 5.41) is 3.38. The van der Waals surface area contributed by atoms with Gasteiger partial charge in [0.15, 0.2) is 0 Å². The summed E-state index contributed by atoms with van der Waals surface area (Å²) in [4.78, 5) is 0. The maximum Gasteiger partial charge on any atom is 0.119 e. The van der Waals surface area contributed by atoms with Gasteiger partial charge in [0.2, 0.25) is 0 Å². The van der Waals surface area contributed by atoms with Crippen molar-refractivity contribution in [3.05, 3.63) is 42.0 Å². The molecule has 0 aliphatic carbocycles. The second-order valence-corrected chi connectivity index (χ2v) is 3.73. The highest BCUT2D eigenvalue weighted by Crippen LogP contribution is 2.15. The van der Waals surface area contributed by atoms with Crippen molar-refractivity contribution in [1.29, 1.82) is 0 Å². The largest absolute Gasteiger partial charge is 0.494 e. The Morgan fingerprint density at radius 2 is 2.19 bits per heavy atom. The maximum atomic E-state index is 5.39.